The molecule has 0 radical (unpaired) electrons. The van der Waals surface area contributed by atoms with Gasteiger partial charge in [0.25, 0.3) is 0 Å². The summed E-state index contributed by atoms with van der Waals surface area (Å²) in [6.07, 6.45) is 1.76. The number of carbonyl (C=O) groups excluding carboxylic acids is 2. The van der Waals surface area contributed by atoms with Gasteiger partial charge in [0.05, 0.1) is 0 Å². The molecule has 5 heteroatoms. The van der Waals surface area contributed by atoms with Crippen molar-refractivity contribution in [3.63, 3.8) is 0 Å². The third-order valence-electron chi connectivity index (χ3n) is 3.24. The zero-order chi connectivity index (χ0) is 11.5. The maximum absolute atomic E-state index is 11.6. The highest BCUT2D eigenvalue weighted by Gasteiger charge is 2.29. The highest BCUT2D eigenvalue weighted by molar-refractivity contribution is 5.97. The van der Waals surface area contributed by atoms with E-state index in [2.05, 4.69) is 17.3 Å². The molecular weight excluding hydrogens is 206 g/mol. The van der Waals surface area contributed by atoms with Gasteiger partial charge in [-0.25, -0.2) is 0 Å². The second-order valence-corrected chi connectivity index (χ2v) is 4.66. The van der Waals surface area contributed by atoms with Gasteiger partial charge in [0.15, 0.2) is 0 Å². The van der Waals surface area contributed by atoms with Crippen LogP contribution in [0.4, 0.5) is 0 Å². The Labute approximate surface area is 95.8 Å². The quantitative estimate of drug-likeness (QED) is 0.639. The van der Waals surface area contributed by atoms with Crippen LogP contribution in [0.5, 0.6) is 0 Å². The SMILES string of the molecule is CN1CCNC(CN2C(=O)CCCC2=O)C1. The van der Waals surface area contributed by atoms with Crippen LogP contribution in [0.3, 0.4) is 0 Å². The Morgan fingerprint density at radius 3 is 2.62 bits per heavy atom. The molecule has 1 atom stereocenters. The fourth-order valence-electron chi connectivity index (χ4n) is 2.34. The van der Waals surface area contributed by atoms with Crippen molar-refractivity contribution in [3.8, 4) is 0 Å². The molecule has 2 fully saturated rings. The van der Waals surface area contributed by atoms with Crippen LogP contribution in [0.25, 0.3) is 0 Å². The summed E-state index contributed by atoms with van der Waals surface area (Å²) in [5.74, 6) is -0.0162. The Bertz CT molecular complexity index is 277. The summed E-state index contributed by atoms with van der Waals surface area (Å²) < 4.78 is 0. The minimum Gasteiger partial charge on any atom is -0.310 e. The number of nitrogens with one attached hydrogen (secondary N) is 1. The van der Waals surface area contributed by atoms with Gasteiger partial charge in [0, 0.05) is 45.1 Å². The second-order valence-electron chi connectivity index (χ2n) is 4.66. The van der Waals surface area contributed by atoms with E-state index in [1.54, 1.807) is 0 Å². The minimum absolute atomic E-state index is 0.00808. The summed E-state index contributed by atoms with van der Waals surface area (Å²) in [6, 6.07) is 0.227. The number of hydrogen-bond acceptors (Lipinski definition) is 4. The fourth-order valence-corrected chi connectivity index (χ4v) is 2.34. The topological polar surface area (TPSA) is 52.6 Å². The molecular formula is C11H19N3O2. The van der Waals surface area contributed by atoms with Gasteiger partial charge in [-0.05, 0) is 13.5 Å². The van der Waals surface area contributed by atoms with Crippen molar-refractivity contribution in [2.75, 3.05) is 33.2 Å². The highest BCUT2D eigenvalue weighted by Crippen LogP contribution is 2.13. The van der Waals surface area contributed by atoms with E-state index in [0.29, 0.717) is 25.8 Å². The average molecular weight is 225 g/mol. The van der Waals surface area contributed by atoms with Crippen molar-refractivity contribution < 1.29 is 9.59 Å². The zero-order valence-corrected chi connectivity index (χ0v) is 9.74. The van der Waals surface area contributed by atoms with E-state index in [-0.39, 0.29) is 17.9 Å². The van der Waals surface area contributed by atoms with Crippen LogP contribution in [-0.4, -0.2) is 60.9 Å². The van der Waals surface area contributed by atoms with Gasteiger partial charge >= 0.3 is 0 Å². The van der Waals surface area contributed by atoms with Crippen molar-refractivity contribution >= 4 is 11.8 Å². The molecule has 1 unspecified atom stereocenters. The van der Waals surface area contributed by atoms with Crippen molar-refractivity contribution in [1.82, 2.24) is 15.1 Å². The highest BCUT2D eigenvalue weighted by atomic mass is 16.2. The number of amides is 2. The van der Waals surface area contributed by atoms with Gasteiger partial charge in [-0.2, -0.15) is 0 Å². The Hall–Kier alpha value is -0.940. The molecule has 2 amide bonds. The van der Waals surface area contributed by atoms with Gasteiger partial charge in [-0.1, -0.05) is 0 Å². The summed E-state index contributed by atoms with van der Waals surface area (Å²) >= 11 is 0. The smallest absolute Gasteiger partial charge is 0.229 e. The van der Waals surface area contributed by atoms with Gasteiger partial charge in [-0.15, -0.1) is 0 Å². The number of piperazine rings is 1. The first-order valence-electron chi connectivity index (χ1n) is 5.92. The maximum Gasteiger partial charge on any atom is 0.229 e. The number of likely N-dealkylation sites (N-methyl/N-ethyl adjacent to an activating group) is 1. The lowest BCUT2D eigenvalue weighted by molar-refractivity contribution is -0.148. The molecule has 5 nitrogen and oxygen atoms in total. The molecule has 1 N–H and O–H groups in total. The fraction of sp³-hybridized carbons (Fsp3) is 0.818. The first kappa shape index (κ1) is 11.5. The third-order valence-corrected chi connectivity index (χ3v) is 3.24. The predicted molar refractivity (Wildman–Crippen MR) is 59.9 cm³/mol. The lowest BCUT2D eigenvalue weighted by Gasteiger charge is -2.35. The van der Waals surface area contributed by atoms with Crippen molar-refractivity contribution in [3.05, 3.63) is 0 Å². The molecule has 0 bridgehead atoms. The largest absolute Gasteiger partial charge is 0.310 e. The van der Waals surface area contributed by atoms with Crippen LogP contribution in [0.2, 0.25) is 0 Å². The van der Waals surface area contributed by atoms with E-state index in [1.807, 2.05) is 0 Å². The van der Waals surface area contributed by atoms with Crippen molar-refractivity contribution in [2.45, 2.75) is 25.3 Å². The normalized spacial score (nSPS) is 28.6. The molecule has 2 aliphatic heterocycles. The van der Waals surface area contributed by atoms with E-state index in [1.165, 1.54) is 4.90 Å². The summed E-state index contributed by atoms with van der Waals surface area (Å²) in [6.45, 7) is 3.38. The minimum atomic E-state index is -0.00808. The number of hydrogen-bond donors (Lipinski definition) is 1. The first-order valence-corrected chi connectivity index (χ1v) is 5.92. The molecule has 2 heterocycles. The number of likely N-dealkylation sites (tertiary alicyclic amines) is 1. The second kappa shape index (κ2) is 4.93. The van der Waals surface area contributed by atoms with Crippen LogP contribution in [0, 0.1) is 0 Å². The standard InChI is InChI=1S/C11H19N3O2/c1-13-6-5-12-9(7-13)8-14-10(15)3-2-4-11(14)16/h9,12H,2-8H2,1H3. The summed E-state index contributed by atoms with van der Waals surface area (Å²) in [7, 11) is 2.06. The zero-order valence-electron chi connectivity index (χ0n) is 9.74. The predicted octanol–water partition coefficient (Wildman–Crippen LogP) is -0.571. The number of piperidine rings is 1. The summed E-state index contributed by atoms with van der Waals surface area (Å²) in [5, 5.41) is 3.35. The average Bonchev–Trinajstić information content (AvgIpc) is 2.24. The first-order chi connectivity index (χ1) is 7.66. The molecule has 0 spiro atoms. The van der Waals surface area contributed by atoms with E-state index < -0.39 is 0 Å². The number of carbonyl (C=O) groups is 2. The molecule has 0 aromatic rings. The Morgan fingerprint density at radius 2 is 2.00 bits per heavy atom. The molecule has 0 saturated carbocycles. The maximum atomic E-state index is 11.6. The number of imide groups is 1. The lowest BCUT2D eigenvalue weighted by atomic mass is 10.1. The van der Waals surface area contributed by atoms with Gasteiger partial charge in [0.1, 0.15) is 0 Å². The molecule has 2 aliphatic rings. The monoisotopic (exact) mass is 225 g/mol. The lowest BCUT2D eigenvalue weighted by Crippen LogP contribution is -2.56. The van der Waals surface area contributed by atoms with Crippen LogP contribution in [0.1, 0.15) is 19.3 Å². The van der Waals surface area contributed by atoms with Gasteiger partial charge < -0.3 is 10.2 Å². The van der Waals surface area contributed by atoms with E-state index in [4.69, 9.17) is 0 Å². The molecule has 0 aromatic heterocycles. The number of nitrogens with zero attached hydrogens (tertiary/aromatic N) is 2. The summed E-state index contributed by atoms with van der Waals surface area (Å²) in [5.41, 5.74) is 0. The van der Waals surface area contributed by atoms with E-state index in [0.717, 1.165) is 19.6 Å². The van der Waals surface area contributed by atoms with Crippen LogP contribution in [-0.2, 0) is 9.59 Å². The number of rotatable bonds is 2. The van der Waals surface area contributed by atoms with Crippen LogP contribution in [0.15, 0.2) is 0 Å². The molecule has 2 saturated heterocycles. The van der Waals surface area contributed by atoms with E-state index >= 15 is 0 Å². The Kier molecular flexibility index (Phi) is 3.56. The van der Waals surface area contributed by atoms with Gasteiger partial charge in [0.2, 0.25) is 11.8 Å². The van der Waals surface area contributed by atoms with Gasteiger partial charge in [-0.3, -0.25) is 14.5 Å². The van der Waals surface area contributed by atoms with Crippen LogP contribution < -0.4 is 5.32 Å². The molecule has 16 heavy (non-hydrogen) atoms. The molecule has 2 rings (SSSR count). The Morgan fingerprint density at radius 1 is 1.31 bits per heavy atom. The van der Waals surface area contributed by atoms with Crippen LogP contribution >= 0.6 is 0 Å². The van der Waals surface area contributed by atoms with Crippen molar-refractivity contribution in [1.29, 1.82) is 0 Å². The molecule has 90 valence electrons. The Balaban J connectivity index is 1.91. The van der Waals surface area contributed by atoms with Crippen molar-refractivity contribution in [2.24, 2.45) is 0 Å². The molecule has 0 aromatic carbocycles. The van der Waals surface area contributed by atoms with E-state index in [9.17, 15) is 9.59 Å². The third kappa shape index (κ3) is 2.59. The summed E-state index contributed by atoms with van der Waals surface area (Å²) in [4.78, 5) is 26.9. The molecule has 0 aliphatic carbocycles.